The van der Waals surface area contributed by atoms with Crippen molar-refractivity contribution in [1.82, 2.24) is 14.5 Å². The van der Waals surface area contributed by atoms with Gasteiger partial charge >= 0.3 is 144 Å². The van der Waals surface area contributed by atoms with E-state index in [0.717, 1.165) is 5.56 Å². The van der Waals surface area contributed by atoms with Gasteiger partial charge in [0.25, 0.3) is 0 Å². The number of fused-ring (bicyclic) bond motifs is 1. The molecule has 0 atom stereocenters. The van der Waals surface area contributed by atoms with E-state index in [1.807, 2.05) is 30.3 Å². The number of ether oxygens (including phenoxy) is 1. The van der Waals surface area contributed by atoms with Crippen LogP contribution in [-0.4, -0.2) is 34.3 Å². The average Bonchev–Trinajstić information content (AvgIpc) is 2.82. The normalized spacial score (nSPS) is 11.0. The minimum atomic E-state index is -0.661. The summed E-state index contributed by atoms with van der Waals surface area (Å²) >= 11 is -0.661. The fourth-order valence-corrected chi connectivity index (χ4v) is 3.84. The third kappa shape index (κ3) is 3.18. The summed E-state index contributed by atoms with van der Waals surface area (Å²) in [6.45, 7) is 0.610. The molecular weight excluding hydrogens is 375 g/mol. The van der Waals surface area contributed by atoms with Gasteiger partial charge in [-0.05, 0) is 0 Å². The van der Waals surface area contributed by atoms with Crippen LogP contribution in [0.2, 0.25) is 0 Å². The first-order chi connectivity index (χ1) is 11.6. The van der Waals surface area contributed by atoms with E-state index in [1.54, 1.807) is 4.57 Å². The van der Waals surface area contributed by atoms with E-state index in [4.69, 9.17) is 21.9 Å². The summed E-state index contributed by atoms with van der Waals surface area (Å²) < 4.78 is 7.99. The number of carbonyl (C=O) groups excluding carboxylic acids is 1. The molecule has 0 bridgehead atoms. The SMILES string of the molecule is NC(=O)[Se]c1c(N)n(COCc2ccccc2)c2ncnc(N)c12. The van der Waals surface area contributed by atoms with Gasteiger partial charge in [0.15, 0.2) is 0 Å². The summed E-state index contributed by atoms with van der Waals surface area (Å²) in [6, 6.07) is 9.77. The van der Waals surface area contributed by atoms with Gasteiger partial charge in [0.05, 0.1) is 0 Å². The maximum atomic E-state index is 11.4. The molecule has 0 radical (unpaired) electrons. The molecule has 6 N–H and O–H groups in total. The number of hydrogen-bond donors (Lipinski definition) is 3. The van der Waals surface area contributed by atoms with E-state index in [1.165, 1.54) is 6.33 Å². The van der Waals surface area contributed by atoms with Crippen LogP contribution >= 0.6 is 0 Å². The van der Waals surface area contributed by atoms with Gasteiger partial charge in [0.2, 0.25) is 0 Å². The van der Waals surface area contributed by atoms with Gasteiger partial charge in [-0.1, -0.05) is 0 Å². The number of nitrogens with two attached hydrogens (primary N) is 3. The van der Waals surface area contributed by atoms with Crippen molar-refractivity contribution in [2.24, 2.45) is 5.73 Å². The van der Waals surface area contributed by atoms with E-state index in [-0.39, 0.29) is 12.5 Å². The Bertz CT molecular complexity index is 881. The Hall–Kier alpha value is -2.61. The quantitative estimate of drug-likeness (QED) is 0.513. The van der Waals surface area contributed by atoms with Gasteiger partial charge in [-0.15, -0.1) is 0 Å². The molecule has 3 rings (SSSR count). The first-order valence-corrected chi connectivity index (χ1v) is 8.76. The van der Waals surface area contributed by atoms with Crippen molar-refractivity contribution >= 4 is 46.9 Å². The van der Waals surface area contributed by atoms with Crippen molar-refractivity contribution in [3.8, 4) is 0 Å². The number of anilines is 2. The first kappa shape index (κ1) is 16.3. The zero-order chi connectivity index (χ0) is 17.1. The molecule has 124 valence electrons. The molecule has 2 aromatic heterocycles. The first-order valence-electron chi connectivity index (χ1n) is 7.05. The van der Waals surface area contributed by atoms with Crippen molar-refractivity contribution < 1.29 is 9.53 Å². The van der Waals surface area contributed by atoms with Gasteiger partial charge in [0.1, 0.15) is 0 Å². The van der Waals surface area contributed by atoms with E-state index in [0.29, 0.717) is 27.9 Å². The van der Waals surface area contributed by atoms with Crippen LogP contribution in [0.4, 0.5) is 16.4 Å². The number of aromatic nitrogens is 3. The number of carbonyl (C=O) groups is 1. The van der Waals surface area contributed by atoms with Gasteiger partial charge in [-0.2, -0.15) is 0 Å². The van der Waals surface area contributed by atoms with Crippen LogP contribution in [0.5, 0.6) is 0 Å². The fraction of sp³-hybridized carbons (Fsp3) is 0.133. The third-order valence-corrected chi connectivity index (χ3v) is 5.11. The molecule has 8 nitrogen and oxygen atoms in total. The van der Waals surface area contributed by atoms with Gasteiger partial charge < -0.3 is 0 Å². The number of primary amides is 1. The Kier molecular flexibility index (Phi) is 4.66. The van der Waals surface area contributed by atoms with Crippen LogP contribution in [0.1, 0.15) is 5.56 Å². The maximum absolute atomic E-state index is 11.4. The number of rotatable bonds is 6. The van der Waals surface area contributed by atoms with Crippen molar-refractivity contribution in [2.75, 3.05) is 11.5 Å². The summed E-state index contributed by atoms with van der Waals surface area (Å²) in [5.41, 5.74) is 19.0. The molecule has 0 fully saturated rings. The summed E-state index contributed by atoms with van der Waals surface area (Å²) in [5, 5.41) is 0.567. The van der Waals surface area contributed by atoms with E-state index < -0.39 is 19.8 Å². The standard InChI is InChI=1S/C15H16N6O2Se/c16-12-10-11(24-15(18)22)13(17)21(14(10)20-7-19-12)8-23-6-9-4-2-1-3-5-9/h1-5,7H,6,8,17H2,(H2,18,22)(H2,16,19,20). The molecule has 1 aromatic carbocycles. The number of nitrogen functional groups attached to an aromatic ring is 2. The summed E-state index contributed by atoms with van der Waals surface area (Å²) in [7, 11) is 0. The van der Waals surface area contributed by atoms with Gasteiger partial charge in [0, 0.05) is 0 Å². The third-order valence-electron chi connectivity index (χ3n) is 3.40. The molecule has 0 aliphatic heterocycles. The van der Waals surface area contributed by atoms with E-state index >= 15 is 0 Å². The summed E-state index contributed by atoms with van der Waals surface area (Å²) in [6.07, 6.45) is 1.35. The molecule has 0 saturated heterocycles. The van der Waals surface area contributed by atoms with Gasteiger partial charge in [-0.3, -0.25) is 0 Å². The van der Waals surface area contributed by atoms with Crippen LogP contribution in [0.25, 0.3) is 11.0 Å². The Morgan fingerprint density at radius 2 is 1.96 bits per heavy atom. The molecule has 3 aromatic rings. The van der Waals surface area contributed by atoms with Crippen LogP contribution < -0.4 is 21.7 Å². The second kappa shape index (κ2) is 6.88. The molecule has 0 unspecified atom stereocenters. The van der Waals surface area contributed by atoms with Crippen LogP contribution in [0, 0.1) is 0 Å². The fourth-order valence-electron chi connectivity index (χ4n) is 2.34. The predicted octanol–water partition coefficient (Wildman–Crippen LogP) is 0.178. The molecular formula is C15H16N6O2Se. The molecule has 2 heterocycles. The zero-order valence-electron chi connectivity index (χ0n) is 12.7. The van der Waals surface area contributed by atoms with Crippen molar-refractivity contribution in [2.45, 2.75) is 13.3 Å². The van der Waals surface area contributed by atoms with Crippen molar-refractivity contribution in [3.05, 3.63) is 42.2 Å². The molecule has 0 aliphatic carbocycles. The van der Waals surface area contributed by atoms with Gasteiger partial charge in [-0.25, -0.2) is 0 Å². The number of benzene rings is 1. The Morgan fingerprint density at radius 1 is 1.21 bits per heavy atom. The monoisotopic (exact) mass is 392 g/mol. The predicted molar refractivity (Wildman–Crippen MR) is 92.6 cm³/mol. The molecule has 24 heavy (non-hydrogen) atoms. The second-order valence-electron chi connectivity index (χ2n) is 4.98. The van der Waals surface area contributed by atoms with E-state index in [2.05, 4.69) is 9.97 Å². The zero-order valence-corrected chi connectivity index (χ0v) is 14.4. The minimum absolute atomic E-state index is 0.183. The molecule has 0 aliphatic rings. The average molecular weight is 391 g/mol. The summed E-state index contributed by atoms with van der Waals surface area (Å²) in [5.74, 6) is 0.649. The molecule has 1 amide bonds. The van der Waals surface area contributed by atoms with Crippen molar-refractivity contribution in [3.63, 3.8) is 0 Å². The number of hydrogen-bond acceptors (Lipinski definition) is 6. The molecule has 0 saturated carbocycles. The van der Waals surface area contributed by atoms with Crippen LogP contribution in [-0.2, 0) is 18.1 Å². The Balaban J connectivity index is 1.91. The van der Waals surface area contributed by atoms with E-state index in [9.17, 15) is 4.79 Å². The van der Waals surface area contributed by atoms with Crippen molar-refractivity contribution in [1.29, 1.82) is 0 Å². The Morgan fingerprint density at radius 3 is 2.67 bits per heavy atom. The van der Waals surface area contributed by atoms with Crippen LogP contribution in [0.3, 0.4) is 0 Å². The number of nitrogens with zero attached hydrogens (tertiary/aromatic N) is 3. The second-order valence-corrected chi connectivity index (χ2v) is 7.11. The molecule has 9 heteroatoms. The molecule has 0 spiro atoms. The number of amides is 1. The summed E-state index contributed by atoms with van der Waals surface area (Å²) in [4.78, 5) is 19.1. The Labute approximate surface area is 144 Å². The van der Waals surface area contributed by atoms with Crippen LogP contribution in [0.15, 0.2) is 36.7 Å². The topological polar surface area (TPSA) is 135 Å².